The zero-order valence-electron chi connectivity index (χ0n) is 15.1. The van der Waals surface area contributed by atoms with Crippen LogP contribution < -0.4 is 0 Å². The van der Waals surface area contributed by atoms with E-state index in [0.29, 0.717) is 0 Å². The molecule has 0 aliphatic heterocycles. The van der Waals surface area contributed by atoms with E-state index in [4.69, 9.17) is 0 Å². The van der Waals surface area contributed by atoms with Crippen molar-refractivity contribution in [2.24, 2.45) is 0 Å². The van der Waals surface area contributed by atoms with Gasteiger partial charge in [-0.3, -0.25) is 0 Å². The van der Waals surface area contributed by atoms with E-state index in [1.807, 2.05) is 0 Å². The fourth-order valence-corrected chi connectivity index (χ4v) is 4.03. The lowest BCUT2D eigenvalue weighted by atomic mass is 9.85. The molecule has 3 rings (SSSR count). The third-order valence-corrected chi connectivity index (χ3v) is 5.40. The minimum atomic E-state index is -0.804. The molecule has 1 heteroatoms. The van der Waals surface area contributed by atoms with Crippen LogP contribution in [0.15, 0.2) is 42.5 Å². The Balaban J connectivity index is 1.96. The van der Waals surface area contributed by atoms with Crippen LogP contribution in [0.25, 0.3) is 11.1 Å². The molecule has 0 aromatic heterocycles. The Morgan fingerprint density at radius 2 is 1.50 bits per heavy atom. The van der Waals surface area contributed by atoms with E-state index in [1.165, 1.54) is 48.8 Å². The molecule has 0 bridgehead atoms. The molecule has 2 aromatic rings. The second kappa shape index (κ2) is 7.53. The zero-order valence-corrected chi connectivity index (χ0v) is 15.1. The highest BCUT2D eigenvalue weighted by atomic mass is 16.3. The van der Waals surface area contributed by atoms with Gasteiger partial charge in [0.05, 0.1) is 0 Å². The summed E-state index contributed by atoms with van der Waals surface area (Å²) < 4.78 is 0. The second-order valence-electron chi connectivity index (χ2n) is 7.20. The maximum atomic E-state index is 11.6. The van der Waals surface area contributed by atoms with E-state index in [-0.39, 0.29) is 0 Å². The molecular weight excluding hydrogens is 292 g/mol. The Morgan fingerprint density at radius 3 is 2.29 bits per heavy atom. The fraction of sp³-hybridized carbons (Fsp3) is 0.478. The molecule has 1 atom stereocenters. The molecule has 2 aromatic carbocycles. The van der Waals surface area contributed by atoms with E-state index in [9.17, 15) is 5.11 Å². The summed E-state index contributed by atoms with van der Waals surface area (Å²) in [6.45, 7) is 4.46. The first-order valence-electron chi connectivity index (χ1n) is 9.66. The Labute approximate surface area is 146 Å². The fourth-order valence-electron chi connectivity index (χ4n) is 4.03. The number of hydrogen-bond acceptors (Lipinski definition) is 1. The predicted octanol–water partition coefficient (Wildman–Crippen LogP) is 6.22. The van der Waals surface area contributed by atoms with Gasteiger partial charge in [0.15, 0.2) is 0 Å². The van der Waals surface area contributed by atoms with Crippen molar-refractivity contribution in [3.63, 3.8) is 0 Å². The van der Waals surface area contributed by atoms with Crippen LogP contribution in [-0.2, 0) is 12.0 Å². The van der Waals surface area contributed by atoms with Crippen molar-refractivity contribution in [3.8, 4) is 11.1 Å². The van der Waals surface area contributed by atoms with Crippen LogP contribution in [0, 0.1) is 0 Å². The third kappa shape index (κ3) is 3.15. The van der Waals surface area contributed by atoms with Gasteiger partial charge in [0.2, 0.25) is 0 Å². The second-order valence-corrected chi connectivity index (χ2v) is 7.20. The number of aryl methyl sites for hydroxylation is 1. The quantitative estimate of drug-likeness (QED) is 0.572. The first-order chi connectivity index (χ1) is 11.7. The first-order valence-corrected chi connectivity index (χ1v) is 9.66. The van der Waals surface area contributed by atoms with Gasteiger partial charge < -0.3 is 5.11 Å². The number of aliphatic hydroxyl groups is 1. The van der Waals surface area contributed by atoms with E-state index in [0.717, 1.165) is 30.4 Å². The monoisotopic (exact) mass is 322 g/mol. The van der Waals surface area contributed by atoms with E-state index in [2.05, 4.69) is 56.3 Å². The molecule has 0 saturated heterocycles. The maximum Gasteiger partial charge on any atom is 0.116 e. The van der Waals surface area contributed by atoms with Gasteiger partial charge in [0.1, 0.15) is 5.60 Å². The predicted molar refractivity (Wildman–Crippen MR) is 102 cm³/mol. The molecule has 1 unspecified atom stereocenters. The Bertz CT molecular complexity index is 688. The standard InChI is InChI=1S/C23H30O/c1-3-5-7-11-18-14-15-20-19-12-8-9-13-21(19)23(24,22(20)17-18)16-10-6-4-2/h8-9,12-15,17,24H,3-7,10-11,16H2,1-2H3. The van der Waals surface area contributed by atoms with Gasteiger partial charge in [-0.2, -0.15) is 0 Å². The Morgan fingerprint density at radius 1 is 0.792 bits per heavy atom. The van der Waals surface area contributed by atoms with Gasteiger partial charge in [-0.1, -0.05) is 82.0 Å². The van der Waals surface area contributed by atoms with E-state index < -0.39 is 5.60 Å². The van der Waals surface area contributed by atoms with Crippen LogP contribution in [0.4, 0.5) is 0 Å². The maximum absolute atomic E-state index is 11.6. The Kier molecular flexibility index (Phi) is 5.40. The number of fused-ring (bicyclic) bond motifs is 3. The van der Waals surface area contributed by atoms with Gasteiger partial charge in [-0.05, 0) is 53.5 Å². The molecule has 24 heavy (non-hydrogen) atoms. The van der Waals surface area contributed by atoms with Gasteiger partial charge in [-0.25, -0.2) is 0 Å². The summed E-state index contributed by atoms with van der Waals surface area (Å²) >= 11 is 0. The van der Waals surface area contributed by atoms with Crippen molar-refractivity contribution in [1.29, 1.82) is 0 Å². The summed E-state index contributed by atoms with van der Waals surface area (Å²) in [6, 6.07) is 15.2. The summed E-state index contributed by atoms with van der Waals surface area (Å²) in [4.78, 5) is 0. The lowest BCUT2D eigenvalue weighted by Crippen LogP contribution is -2.24. The molecule has 128 valence electrons. The smallest absolute Gasteiger partial charge is 0.116 e. The molecule has 1 nitrogen and oxygen atoms in total. The summed E-state index contributed by atoms with van der Waals surface area (Å²) in [7, 11) is 0. The lowest BCUT2D eigenvalue weighted by Gasteiger charge is -2.26. The van der Waals surface area contributed by atoms with Crippen LogP contribution in [0.3, 0.4) is 0 Å². The van der Waals surface area contributed by atoms with Gasteiger partial charge in [0.25, 0.3) is 0 Å². The molecule has 0 heterocycles. The van der Waals surface area contributed by atoms with Gasteiger partial charge in [-0.15, -0.1) is 0 Å². The molecular formula is C23H30O. The largest absolute Gasteiger partial charge is 0.380 e. The van der Waals surface area contributed by atoms with E-state index >= 15 is 0 Å². The van der Waals surface area contributed by atoms with Crippen LogP contribution in [0.2, 0.25) is 0 Å². The molecule has 1 N–H and O–H groups in total. The molecule has 0 fully saturated rings. The average Bonchev–Trinajstić information content (AvgIpc) is 2.85. The van der Waals surface area contributed by atoms with Gasteiger partial charge in [0, 0.05) is 0 Å². The zero-order chi connectivity index (χ0) is 17.0. The van der Waals surface area contributed by atoms with Crippen molar-refractivity contribution in [2.75, 3.05) is 0 Å². The Hall–Kier alpha value is -1.60. The van der Waals surface area contributed by atoms with Crippen molar-refractivity contribution in [3.05, 3.63) is 59.2 Å². The lowest BCUT2D eigenvalue weighted by molar-refractivity contribution is 0.0727. The topological polar surface area (TPSA) is 20.2 Å². The van der Waals surface area contributed by atoms with Crippen molar-refractivity contribution >= 4 is 0 Å². The molecule has 0 radical (unpaired) electrons. The highest BCUT2D eigenvalue weighted by Crippen LogP contribution is 2.50. The molecule has 1 aliphatic rings. The molecule has 0 spiro atoms. The number of benzene rings is 2. The summed E-state index contributed by atoms with van der Waals surface area (Å²) in [5.41, 5.74) is 5.23. The molecule has 0 saturated carbocycles. The average molecular weight is 322 g/mol. The highest BCUT2D eigenvalue weighted by molar-refractivity contribution is 5.80. The number of rotatable bonds is 8. The third-order valence-electron chi connectivity index (χ3n) is 5.40. The summed E-state index contributed by atoms with van der Waals surface area (Å²) in [6.07, 6.45) is 9.12. The summed E-state index contributed by atoms with van der Waals surface area (Å²) in [5.74, 6) is 0. The van der Waals surface area contributed by atoms with Crippen molar-refractivity contribution in [1.82, 2.24) is 0 Å². The van der Waals surface area contributed by atoms with Gasteiger partial charge >= 0.3 is 0 Å². The van der Waals surface area contributed by atoms with Crippen LogP contribution in [0.5, 0.6) is 0 Å². The van der Waals surface area contributed by atoms with Crippen LogP contribution in [0.1, 0.15) is 75.5 Å². The van der Waals surface area contributed by atoms with Crippen molar-refractivity contribution in [2.45, 2.75) is 70.8 Å². The first kappa shape index (κ1) is 17.2. The molecule has 0 amide bonds. The normalized spacial score (nSPS) is 18.5. The van der Waals surface area contributed by atoms with Crippen LogP contribution in [-0.4, -0.2) is 5.11 Å². The van der Waals surface area contributed by atoms with Crippen LogP contribution >= 0.6 is 0 Å². The SMILES string of the molecule is CCCCCc1ccc2c(c1)C(O)(CCCCC)c1ccccc1-2. The number of unbranched alkanes of at least 4 members (excludes halogenated alkanes) is 4. The number of hydrogen-bond donors (Lipinski definition) is 1. The van der Waals surface area contributed by atoms with E-state index in [1.54, 1.807) is 0 Å². The highest BCUT2D eigenvalue weighted by Gasteiger charge is 2.40. The minimum absolute atomic E-state index is 0.804. The molecule has 1 aliphatic carbocycles. The minimum Gasteiger partial charge on any atom is -0.380 e. The van der Waals surface area contributed by atoms with Crippen molar-refractivity contribution < 1.29 is 5.11 Å². The summed E-state index contributed by atoms with van der Waals surface area (Å²) in [5, 5.41) is 11.6.